The molecule has 0 saturated heterocycles. The molecule has 24 heavy (non-hydrogen) atoms. The van der Waals surface area contributed by atoms with Gasteiger partial charge >= 0.3 is 0 Å². The van der Waals surface area contributed by atoms with Crippen molar-refractivity contribution < 1.29 is 13.9 Å². The Bertz CT molecular complexity index is 738. The van der Waals surface area contributed by atoms with E-state index < -0.39 is 17.2 Å². The maximum absolute atomic E-state index is 14.2. The van der Waals surface area contributed by atoms with Crippen LogP contribution in [0.25, 0.3) is 0 Å². The van der Waals surface area contributed by atoms with Crippen molar-refractivity contribution in [3.63, 3.8) is 0 Å². The van der Waals surface area contributed by atoms with Gasteiger partial charge in [-0.05, 0) is 39.2 Å². The van der Waals surface area contributed by atoms with E-state index in [2.05, 4.69) is 10.4 Å². The van der Waals surface area contributed by atoms with Gasteiger partial charge in [-0.2, -0.15) is 5.10 Å². The molecule has 2 N–H and O–H groups in total. The first kappa shape index (κ1) is 17.0. The maximum atomic E-state index is 14.2. The van der Waals surface area contributed by atoms with Crippen LogP contribution in [0.1, 0.15) is 41.8 Å². The minimum absolute atomic E-state index is 0.0412. The standard InChI is InChI=1S/C18H23F2N3O/c1-12-15(13(2)23(22-12)8-9-24)11-21-18(6-3-7-18)16-5-4-14(19)10-17(16)20/h4-5,10,21,24H,3,6-9,11H2,1-2H3. The predicted octanol–water partition coefficient (Wildman–Crippen LogP) is 2.94. The van der Waals surface area contributed by atoms with Gasteiger partial charge in [0, 0.05) is 35.0 Å². The first-order chi connectivity index (χ1) is 11.5. The predicted molar refractivity (Wildman–Crippen MR) is 87.5 cm³/mol. The molecular formula is C18H23F2N3O. The second-order valence-corrected chi connectivity index (χ2v) is 6.51. The first-order valence-corrected chi connectivity index (χ1v) is 8.31. The molecule has 0 bridgehead atoms. The number of halogens is 2. The summed E-state index contributed by atoms with van der Waals surface area (Å²) in [6, 6.07) is 3.81. The van der Waals surface area contributed by atoms with Gasteiger partial charge in [-0.15, -0.1) is 0 Å². The van der Waals surface area contributed by atoms with Gasteiger partial charge in [0.1, 0.15) is 11.6 Å². The molecule has 0 atom stereocenters. The fraction of sp³-hybridized carbons (Fsp3) is 0.500. The van der Waals surface area contributed by atoms with E-state index in [0.717, 1.165) is 42.3 Å². The zero-order chi connectivity index (χ0) is 17.3. The summed E-state index contributed by atoms with van der Waals surface area (Å²) in [5.74, 6) is -1.05. The summed E-state index contributed by atoms with van der Waals surface area (Å²) in [4.78, 5) is 0. The van der Waals surface area contributed by atoms with E-state index in [0.29, 0.717) is 18.7 Å². The molecule has 0 aliphatic heterocycles. The van der Waals surface area contributed by atoms with Crippen molar-refractivity contribution in [2.24, 2.45) is 0 Å². The Kier molecular flexibility index (Phi) is 4.69. The van der Waals surface area contributed by atoms with E-state index in [1.165, 1.54) is 6.07 Å². The molecule has 0 radical (unpaired) electrons. The van der Waals surface area contributed by atoms with E-state index >= 15 is 0 Å². The Morgan fingerprint density at radius 3 is 2.62 bits per heavy atom. The average Bonchev–Trinajstić information content (AvgIpc) is 2.75. The number of benzene rings is 1. The lowest BCUT2D eigenvalue weighted by atomic mass is 9.71. The van der Waals surface area contributed by atoms with Crippen LogP contribution >= 0.6 is 0 Å². The average molecular weight is 335 g/mol. The van der Waals surface area contributed by atoms with Crippen molar-refractivity contribution in [2.75, 3.05) is 6.61 Å². The smallest absolute Gasteiger partial charge is 0.131 e. The van der Waals surface area contributed by atoms with Crippen LogP contribution in [0.5, 0.6) is 0 Å². The van der Waals surface area contributed by atoms with Crippen molar-refractivity contribution in [3.8, 4) is 0 Å². The van der Waals surface area contributed by atoms with Crippen molar-refractivity contribution in [3.05, 3.63) is 52.3 Å². The Balaban J connectivity index is 1.82. The van der Waals surface area contributed by atoms with Gasteiger partial charge in [0.05, 0.1) is 18.8 Å². The van der Waals surface area contributed by atoms with E-state index in [1.807, 2.05) is 13.8 Å². The normalized spacial score (nSPS) is 16.2. The van der Waals surface area contributed by atoms with Gasteiger partial charge in [-0.25, -0.2) is 8.78 Å². The van der Waals surface area contributed by atoms with Crippen molar-refractivity contribution in [1.82, 2.24) is 15.1 Å². The van der Waals surface area contributed by atoms with Crippen LogP contribution in [0.2, 0.25) is 0 Å². The summed E-state index contributed by atoms with van der Waals surface area (Å²) in [5, 5.41) is 17.0. The highest BCUT2D eigenvalue weighted by molar-refractivity contribution is 5.31. The summed E-state index contributed by atoms with van der Waals surface area (Å²) < 4.78 is 29.2. The number of hydrogen-bond acceptors (Lipinski definition) is 3. The fourth-order valence-corrected chi connectivity index (χ4v) is 3.51. The Morgan fingerprint density at radius 2 is 2.04 bits per heavy atom. The third-order valence-electron chi connectivity index (χ3n) is 5.10. The number of nitrogens with one attached hydrogen (secondary N) is 1. The maximum Gasteiger partial charge on any atom is 0.131 e. The van der Waals surface area contributed by atoms with Gasteiger partial charge in [0.15, 0.2) is 0 Å². The molecule has 0 unspecified atom stereocenters. The van der Waals surface area contributed by atoms with Crippen molar-refractivity contribution in [2.45, 2.75) is 51.7 Å². The van der Waals surface area contributed by atoms with Gasteiger partial charge in [-0.1, -0.05) is 6.07 Å². The number of aryl methyl sites for hydroxylation is 1. The van der Waals surface area contributed by atoms with Gasteiger partial charge in [0.2, 0.25) is 0 Å². The van der Waals surface area contributed by atoms with Crippen LogP contribution < -0.4 is 5.32 Å². The second kappa shape index (κ2) is 6.61. The first-order valence-electron chi connectivity index (χ1n) is 8.31. The molecule has 6 heteroatoms. The minimum atomic E-state index is -0.553. The van der Waals surface area contributed by atoms with Crippen molar-refractivity contribution in [1.29, 1.82) is 0 Å². The van der Waals surface area contributed by atoms with Crippen LogP contribution in [0, 0.1) is 25.5 Å². The summed E-state index contributed by atoms with van der Waals surface area (Å²) in [5.41, 5.74) is 3.08. The van der Waals surface area contributed by atoms with Crippen LogP contribution in [0.4, 0.5) is 8.78 Å². The number of aliphatic hydroxyl groups excluding tert-OH is 1. The SMILES string of the molecule is Cc1nn(CCO)c(C)c1CNC1(c2ccc(F)cc2F)CCC1. The number of rotatable bonds is 6. The Hall–Kier alpha value is -1.79. The number of hydrogen-bond donors (Lipinski definition) is 2. The third kappa shape index (κ3) is 2.96. The molecular weight excluding hydrogens is 312 g/mol. The highest BCUT2D eigenvalue weighted by Crippen LogP contribution is 2.42. The third-order valence-corrected chi connectivity index (χ3v) is 5.10. The fourth-order valence-electron chi connectivity index (χ4n) is 3.51. The zero-order valence-electron chi connectivity index (χ0n) is 14.1. The summed E-state index contributed by atoms with van der Waals surface area (Å²) in [7, 11) is 0. The van der Waals surface area contributed by atoms with Crippen LogP contribution in [-0.4, -0.2) is 21.5 Å². The van der Waals surface area contributed by atoms with Crippen molar-refractivity contribution >= 4 is 0 Å². The molecule has 4 nitrogen and oxygen atoms in total. The zero-order valence-corrected chi connectivity index (χ0v) is 14.1. The quantitative estimate of drug-likeness (QED) is 0.853. The molecule has 1 aliphatic carbocycles. The highest BCUT2D eigenvalue weighted by atomic mass is 19.1. The van der Waals surface area contributed by atoms with E-state index in [-0.39, 0.29) is 6.61 Å². The number of aliphatic hydroxyl groups is 1. The molecule has 1 saturated carbocycles. The van der Waals surface area contributed by atoms with Gasteiger partial charge in [0.25, 0.3) is 0 Å². The van der Waals surface area contributed by atoms with Crippen LogP contribution in [0.15, 0.2) is 18.2 Å². The topological polar surface area (TPSA) is 50.1 Å². The highest BCUT2D eigenvalue weighted by Gasteiger charge is 2.40. The molecule has 3 rings (SSSR count). The molecule has 1 fully saturated rings. The molecule has 1 aromatic heterocycles. The Labute approximate surface area is 140 Å². The van der Waals surface area contributed by atoms with Crippen LogP contribution in [-0.2, 0) is 18.6 Å². The monoisotopic (exact) mass is 335 g/mol. The molecule has 0 amide bonds. The lowest BCUT2D eigenvalue weighted by Gasteiger charge is -2.43. The van der Waals surface area contributed by atoms with E-state index in [1.54, 1.807) is 10.7 Å². The lowest BCUT2D eigenvalue weighted by Crippen LogP contribution is -2.48. The molecule has 1 aromatic carbocycles. The number of aromatic nitrogens is 2. The summed E-state index contributed by atoms with van der Waals surface area (Å²) >= 11 is 0. The molecule has 0 spiro atoms. The lowest BCUT2D eigenvalue weighted by molar-refractivity contribution is 0.176. The Morgan fingerprint density at radius 1 is 1.29 bits per heavy atom. The molecule has 1 heterocycles. The second-order valence-electron chi connectivity index (χ2n) is 6.51. The van der Waals surface area contributed by atoms with E-state index in [9.17, 15) is 8.78 Å². The minimum Gasteiger partial charge on any atom is -0.394 e. The molecule has 1 aliphatic rings. The largest absolute Gasteiger partial charge is 0.394 e. The molecule has 130 valence electrons. The van der Waals surface area contributed by atoms with E-state index in [4.69, 9.17) is 5.11 Å². The molecule has 2 aromatic rings. The summed E-state index contributed by atoms with van der Waals surface area (Å²) in [6.45, 7) is 4.98. The van der Waals surface area contributed by atoms with Gasteiger partial charge in [-0.3, -0.25) is 4.68 Å². The van der Waals surface area contributed by atoms with Crippen LogP contribution in [0.3, 0.4) is 0 Å². The summed E-state index contributed by atoms with van der Waals surface area (Å²) in [6.07, 6.45) is 2.68. The number of nitrogens with zero attached hydrogens (tertiary/aromatic N) is 2. The van der Waals surface area contributed by atoms with Gasteiger partial charge < -0.3 is 10.4 Å².